The van der Waals surface area contributed by atoms with Crippen molar-refractivity contribution in [2.75, 3.05) is 0 Å². The number of Topliss-reactive ketones (excluding diaryl/α,β-unsaturated/α-hetero) is 1. The molecule has 0 aromatic carbocycles. The summed E-state index contributed by atoms with van der Waals surface area (Å²) in [4.78, 5) is 12.3. The predicted molar refractivity (Wildman–Crippen MR) is 65.0 cm³/mol. The molecule has 2 atom stereocenters. The summed E-state index contributed by atoms with van der Waals surface area (Å²) in [7, 11) is 0. The SMILES string of the molecule is CC1(C)CC(=O)C2=C(C1)O[C@@]1(N)CCC[C@@H]2C1. The van der Waals surface area contributed by atoms with E-state index < -0.39 is 5.72 Å². The highest BCUT2D eigenvalue weighted by molar-refractivity contribution is 5.97. The van der Waals surface area contributed by atoms with Gasteiger partial charge in [0.2, 0.25) is 0 Å². The summed E-state index contributed by atoms with van der Waals surface area (Å²) >= 11 is 0. The van der Waals surface area contributed by atoms with E-state index in [1.54, 1.807) is 0 Å². The fraction of sp³-hybridized carbons (Fsp3) is 0.786. The lowest BCUT2D eigenvalue weighted by atomic mass is 9.68. The lowest BCUT2D eigenvalue weighted by Crippen LogP contribution is -2.52. The van der Waals surface area contributed by atoms with Crippen molar-refractivity contribution in [2.24, 2.45) is 17.1 Å². The van der Waals surface area contributed by atoms with Crippen LogP contribution >= 0.6 is 0 Å². The van der Waals surface area contributed by atoms with Gasteiger partial charge in [-0.25, -0.2) is 0 Å². The van der Waals surface area contributed by atoms with Crippen molar-refractivity contribution in [1.82, 2.24) is 0 Å². The molecule has 0 aromatic heterocycles. The number of carbonyl (C=O) groups excluding carboxylic acids is 1. The van der Waals surface area contributed by atoms with Gasteiger partial charge in [0, 0.05) is 31.3 Å². The molecule has 1 heterocycles. The van der Waals surface area contributed by atoms with E-state index in [2.05, 4.69) is 13.8 Å². The van der Waals surface area contributed by atoms with Crippen LogP contribution in [0.1, 0.15) is 52.4 Å². The van der Waals surface area contributed by atoms with Crippen LogP contribution in [0, 0.1) is 11.3 Å². The first-order valence-corrected chi connectivity index (χ1v) is 6.63. The molecule has 0 unspecified atom stereocenters. The van der Waals surface area contributed by atoms with Crippen LogP contribution in [0.5, 0.6) is 0 Å². The largest absolute Gasteiger partial charge is 0.477 e. The van der Waals surface area contributed by atoms with E-state index in [0.717, 1.165) is 43.4 Å². The fourth-order valence-corrected chi connectivity index (χ4v) is 3.68. The zero-order valence-corrected chi connectivity index (χ0v) is 10.7. The molecule has 1 saturated carbocycles. The van der Waals surface area contributed by atoms with Gasteiger partial charge in [-0.05, 0) is 24.2 Å². The molecule has 0 spiro atoms. The maximum absolute atomic E-state index is 12.3. The maximum Gasteiger partial charge on any atom is 0.163 e. The Morgan fingerprint density at radius 3 is 2.88 bits per heavy atom. The number of ketones is 1. The van der Waals surface area contributed by atoms with Gasteiger partial charge < -0.3 is 4.74 Å². The van der Waals surface area contributed by atoms with E-state index in [-0.39, 0.29) is 5.41 Å². The quantitative estimate of drug-likeness (QED) is 0.702. The molecule has 17 heavy (non-hydrogen) atoms. The van der Waals surface area contributed by atoms with E-state index in [9.17, 15) is 4.79 Å². The van der Waals surface area contributed by atoms with Gasteiger partial charge in [0.1, 0.15) is 5.76 Å². The van der Waals surface area contributed by atoms with E-state index in [0.29, 0.717) is 18.1 Å². The van der Waals surface area contributed by atoms with Gasteiger partial charge in [-0.1, -0.05) is 13.8 Å². The van der Waals surface area contributed by atoms with Crippen LogP contribution < -0.4 is 5.73 Å². The first kappa shape index (κ1) is 11.3. The van der Waals surface area contributed by atoms with E-state index >= 15 is 0 Å². The van der Waals surface area contributed by atoms with Crippen LogP contribution in [-0.2, 0) is 9.53 Å². The van der Waals surface area contributed by atoms with Crippen molar-refractivity contribution in [1.29, 1.82) is 0 Å². The molecule has 1 fully saturated rings. The monoisotopic (exact) mass is 235 g/mol. The average molecular weight is 235 g/mol. The van der Waals surface area contributed by atoms with Crippen LogP contribution in [0.2, 0.25) is 0 Å². The molecule has 94 valence electrons. The summed E-state index contributed by atoms with van der Waals surface area (Å²) in [5.74, 6) is 1.57. The zero-order valence-electron chi connectivity index (χ0n) is 10.7. The van der Waals surface area contributed by atoms with E-state index in [1.165, 1.54) is 0 Å². The first-order valence-electron chi connectivity index (χ1n) is 6.63. The number of ether oxygens (including phenoxy) is 1. The van der Waals surface area contributed by atoms with Gasteiger partial charge in [0.15, 0.2) is 11.5 Å². The maximum atomic E-state index is 12.3. The third kappa shape index (κ3) is 1.81. The summed E-state index contributed by atoms with van der Waals surface area (Å²) in [6, 6.07) is 0. The smallest absolute Gasteiger partial charge is 0.163 e. The summed E-state index contributed by atoms with van der Waals surface area (Å²) < 4.78 is 5.99. The summed E-state index contributed by atoms with van der Waals surface area (Å²) in [6.07, 6.45) is 5.46. The van der Waals surface area contributed by atoms with Crippen molar-refractivity contribution < 1.29 is 9.53 Å². The van der Waals surface area contributed by atoms with Crippen LogP contribution in [0.4, 0.5) is 0 Å². The molecular formula is C14H21NO2. The van der Waals surface area contributed by atoms with Gasteiger partial charge in [-0.15, -0.1) is 0 Å². The molecule has 0 saturated heterocycles. The van der Waals surface area contributed by atoms with Crippen molar-refractivity contribution in [3.05, 3.63) is 11.3 Å². The molecule has 2 aliphatic carbocycles. The standard InChI is InChI=1S/C14H21NO2/c1-13(2)7-10(16)12-9-4-3-5-14(15,6-9)17-11(12)8-13/h9H,3-8,15H2,1-2H3/t9-,14+/m1/s1. The molecule has 0 amide bonds. The number of allylic oxidation sites excluding steroid dienone is 2. The Kier molecular flexibility index (Phi) is 2.22. The Bertz CT molecular complexity index is 410. The second-order valence-corrected chi connectivity index (χ2v) is 6.74. The highest BCUT2D eigenvalue weighted by Crippen LogP contribution is 2.49. The number of rotatable bonds is 0. The van der Waals surface area contributed by atoms with E-state index in [1.807, 2.05) is 0 Å². The minimum atomic E-state index is -0.491. The molecule has 0 radical (unpaired) electrons. The van der Waals surface area contributed by atoms with Crippen LogP contribution in [0.25, 0.3) is 0 Å². The van der Waals surface area contributed by atoms with Crippen LogP contribution in [0.15, 0.2) is 11.3 Å². The lowest BCUT2D eigenvalue weighted by molar-refractivity contribution is -0.124. The van der Waals surface area contributed by atoms with Gasteiger partial charge in [-0.2, -0.15) is 0 Å². The van der Waals surface area contributed by atoms with Crippen LogP contribution in [-0.4, -0.2) is 11.5 Å². The number of hydrogen-bond acceptors (Lipinski definition) is 3. The van der Waals surface area contributed by atoms with Gasteiger partial charge in [0.25, 0.3) is 0 Å². The number of nitrogens with two attached hydrogens (primary N) is 1. The highest BCUT2D eigenvalue weighted by atomic mass is 16.5. The second-order valence-electron chi connectivity index (χ2n) is 6.74. The molecule has 2 N–H and O–H groups in total. The summed E-state index contributed by atoms with van der Waals surface area (Å²) in [5.41, 5.74) is 6.79. The molecule has 1 aliphatic heterocycles. The lowest BCUT2D eigenvalue weighted by Gasteiger charge is -2.47. The Balaban J connectivity index is 2.02. The minimum Gasteiger partial charge on any atom is -0.477 e. The van der Waals surface area contributed by atoms with Crippen molar-refractivity contribution in [3.63, 3.8) is 0 Å². The number of hydrogen-bond donors (Lipinski definition) is 1. The number of carbonyl (C=O) groups is 1. The van der Waals surface area contributed by atoms with Crippen molar-refractivity contribution in [2.45, 2.75) is 58.1 Å². The van der Waals surface area contributed by atoms with Gasteiger partial charge >= 0.3 is 0 Å². The normalized spacial score (nSPS) is 39.7. The highest BCUT2D eigenvalue weighted by Gasteiger charge is 2.47. The summed E-state index contributed by atoms with van der Waals surface area (Å²) in [6.45, 7) is 4.26. The summed E-state index contributed by atoms with van der Waals surface area (Å²) in [5, 5.41) is 0. The van der Waals surface area contributed by atoms with Gasteiger partial charge in [-0.3, -0.25) is 10.5 Å². The van der Waals surface area contributed by atoms with Crippen molar-refractivity contribution in [3.8, 4) is 0 Å². The molecule has 3 nitrogen and oxygen atoms in total. The second kappa shape index (κ2) is 3.35. The molecule has 3 rings (SSSR count). The van der Waals surface area contributed by atoms with Crippen molar-refractivity contribution >= 4 is 5.78 Å². The predicted octanol–water partition coefficient (Wildman–Crippen LogP) is 2.51. The molecule has 3 aliphatic rings. The molecule has 2 bridgehead atoms. The van der Waals surface area contributed by atoms with Gasteiger partial charge in [0.05, 0.1) is 0 Å². The van der Waals surface area contributed by atoms with E-state index in [4.69, 9.17) is 10.5 Å². The Morgan fingerprint density at radius 2 is 2.12 bits per heavy atom. The Morgan fingerprint density at radius 1 is 1.35 bits per heavy atom. The topological polar surface area (TPSA) is 52.3 Å². The van der Waals surface area contributed by atoms with Crippen LogP contribution in [0.3, 0.4) is 0 Å². The Hall–Kier alpha value is -0.830. The molecule has 3 heteroatoms. The Labute approximate surface area is 102 Å². The zero-order chi connectivity index (χ0) is 12.3. The number of fused-ring (bicyclic) bond motifs is 3. The average Bonchev–Trinajstić information content (AvgIpc) is 2.12. The fourth-order valence-electron chi connectivity index (χ4n) is 3.68. The minimum absolute atomic E-state index is 0.0257. The third-order valence-electron chi connectivity index (χ3n) is 4.36. The molecule has 0 aromatic rings. The molecular weight excluding hydrogens is 214 g/mol. The first-order chi connectivity index (χ1) is 7.89. The third-order valence-corrected chi connectivity index (χ3v) is 4.36.